The van der Waals surface area contributed by atoms with Gasteiger partial charge in [-0.15, -0.1) is 0 Å². The fraction of sp³-hybridized carbons (Fsp3) is 0.273. The number of hydrogen-bond donors (Lipinski definition) is 1. The molecule has 2 aromatic rings. The zero-order valence-corrected chi connectivity index (χ0v) is 15.5. The van der Waals surface area contributed by atoms with Crippen LogP contribution in [0.25, 0.3) is 6.08 Å². The Hall–Kier alpha value is -3.08. The quantitative estimate of drug-likeness (QED) is 0.818. The Morgan fingerprint density at radius 2 is 2.04 bits per heavy atom. The molecule has 27 heavy (non-hydrogen) atoms. The van der Waals surface area contributed by atoms with Crippen LogP contribution < -0.4 is 10.1 Å². The van der Waals surface area contributed by atoms with Crippen LogP contribution in [-0.4, -0.2) is 36.4 Å². The minimum Gasteiger partial charge on any atom is -0.482 e. The summed E-state index contributed by atoms with van der Waals surface area (Å²) in [5.74, 6) is 0.532. The van der Waals surface area contributed by atoms with E-state index >= 15 is 0 Å². The number of carbonyl (C=O) groups excluding carboxylic acids is 2. The molecule has 2 aromatic carbocycles. The summed E-state index contributed by atoms with van der Waals surface area (Å²) in [5.41, 5.74) is 2.60. The smallest absolute Gasteiger partial charge is 0.262 e. The predicted octanol–water partition coefficient (Wildman–Crippen LogP) is 3.51. The molecule has 0 saturated carbocycles. The van der Waals surface area contributed by atoms with Gasteiger partial charge in [0.25, 0.3) is 5.91 Å². The van der Waals surface area contributed by atoms with Crippen molar-refractivity contribution in [1.29, 1.82) is 0 Å². The van der Waals surface area contributed by atoms with Crippen LogP contribution in [0.4, 0.5) is 5.69 Å². The molecule has 0 atom stereocenters. The zero-order valence-electron chi connectivity index (χ0n) is 15.5. The lowest BCUT2D eigenvalue weighted by atomic mass is 10.1. The molecule has 2 amide bonds. The van der Waals surface area contributed by atoms with E-state index in [-0.39, 0.29) is 18.4 Å². The maximum Gasteiger partial charge on any atom is 0.262 e. The fourth-order valence-electron chi connectivity index (χ4n) is 2.99. The number of nitrogens with one attached hydrogen (secondary N) is 1. The van der Waals surface area contributed by atoms with E-state index in [9.17, 15) is 9.59 Å². The molecule has 0 radical (unpaired) electrons. The van der Waals surface area contributed by atoms with Crippen LogP contribution in [0.3, 0.4) is 0 Å². The summed E-state index contributed by atoms with van der Waals surface area (Å²) in [4.78, 5) is 26.1. The SMILES string of the molecule is CCCN(CC=Cc1ccccc1)C(=O)Cc1ccc2c(c1)NC(=O)CO2. The van der Waals surface area contributed by atoms with Gasteiger partial charge in [0.15, 0.2) is 6.61 Å². The van der Waals surface area contributed by atoms with Crippen LogP contribution in [0.15, 0.2) is 54.6 Å². The first-order chi connectivity index (χ1) is 13.2. The molecule has 0 fully saturated rings. The minimum atomic E-state index is -0.176. The highest BCUT2D eigenvalue weighted by Crippen LogP contribution is 2.28. The van der Waals surface area contributed by atoms with Crippen LogP contribution in [0.5, 0.6) is 5.75 Å². The first kappa shape index (κ1) is 18.7. The van der Waals surface area contributed by atoms with Crippen LogP contribution >= 0.6 is 0 Å². The Balaban J connectivity index is 1.64. The van der Waals surface area contributed by atoms with Crippen molar-refractivity contribution in [2.45, 2.75) is 19.8 Å². The van der Waals surface area contributed by atoms with E-state index in [1.165, 1.54) is 0 Å². The van der Waals surface area contributed by atoms with Crippen LogP contribution in [0, 0.1) is 0 Å². The molecule has 0 bridgehead atoms. The Kier molecular flexibility index (Phi) is 6.26. The van der Waals surface area contributed by atoms with E-state index in [0.29, 0.717) is 30.9 Å². The molecule has 0 aliphatic carbocycles. The fourth-order valence-corrected chi connectivity index (χ4v) is 2.99. The Bertz CT molecular complexity index is 831. The molecule has 0 aromatic heterocycles. The molecular formula is C22H24N2O3. The molecule has 0 unspecified atom stereocenters. The van der Waals surface area contributed by atoms with Crippen LogP contribution in [-0.2, 0) is 16.0 Å². The van der Waals surface area contributed by atoms with Gasteiger partial charge in [0.2, 0.25) is 5.91 Å². The van der Waals surface area contributed by atoms with E-state index in [2.05, 4.69) is 12.2 Å². The maximum absolute atomic E-state index is 12.8. The Labute approximate surface area is 159 Å². The lowest BCUT2D eigenvalue weighted by Gasteiger charge is -2.22. The van der Waals surface area contributed by atoms with Gasteiger partial charge in [0, 0.05) is 13.1 Å². The second-order valence-electron chi connectivity index (χ2n) is 6.50. The number of amides is 2. The minimum absolute atomic E-state index is 0.0311. The summed E-state index contributed by atoms with van der Waals surface area (Å²) in [6.45, 7) is 3.38. The molecule has 140 valence electrons. The molecule has 1 aliphatic rings. The van der Waals surface area contributed by atoms with Crippen molar-refractivity contribution in [3.8, 4) is 5.75 Å². The number of carbonyl (C=O) groups is 2. The third-order valence-electron chi connectivity index (χ3n) is 4.31. The van der Waals surface area contributed by atoms with E-state index < -0.39 is 0 Å². The van der Waals surface area contributed by atoms with Gasteiger partial charge in [-0.05, 0) is 29.7 Å². The van der Waals surface area contributed by atoms with E-state index in [4.69, 9.17) is 4.74 Å². The molecule has 5 nitrogen and oxygen atoms in total. The predicted molar refractivity (Wildman–Crippen MR) is 107 cm³/mol. The Morgan fingerprint density at radius 1 is 1.22 bits per heavy atom. The van der Waals surface area contributed by atoms with E-state index in [1.807, 2.05) is 59.5 Å². The van der Waals surface area contributed by atoms with Gasteiger partial charge in [0.1, 0.15) is 5.75 Å². The zero-order chi connectivity index (χ0) is 19.1. The van der Waals surface area contributed by atoms with E-state index in [0.717, 1.165) is 17.5 Å². The number of anilines is 1. The summed E-state index contributed by atoms with van der Waals surface area (Å²) in [6.07, 6.45) is 5.24. The first-order valence-corrected chi connectivity index (χ1v) is 9.20. The summed E-state index contributed by atoms with van der Waals surface area (Å²) in [7, 11) is 0. The monoisotopic (exact) mass is 364 g/mol. The molecule has 3 rings (SSSR count). The average molecular weight is 364 g/mol. The highest BCUT2D eigenvalue weighted by atomic mass is 16.5. The topological polar surface area (TPSA) is 58.6 Å². The highest BCUT2D eigenvalue weighted by molar-refractivity contribution is 5.95. The van der Waals surface area contributed by atoms with Crippen molar-refractivity contribution in [2.75, 3.05) is 25.0 Å². The summed E-state index contributed by atoms with van der Waals surface area (Å²) in [5, 5.41) is 2.78. The summed E-state index contributed by atoms with van der Waals surface area (Å²) in [6, 6.07) is 15.5. The molecule has 0 spiro atoms. The first-order valence-electron chi connectivity index (χ1n) is 9.20. The van der Waals surface area contributed by atoms with Gasteiger partial charge in [-0.3, -0.25) is 9.59 Å². The van der Waals surface area contributed by atoms with Crippen molar-refractivity contribution < 1.29 is 14.3 Å². The maximum atomic E-state index is 12.8. The van der Waals surface area contributed by atoms with E-state index in [1.54, 1.807) is 6.07 Å². The lowest BCUT2D eigenvalue weighted by Crippen LogP contribution is -2.33. The molecule has 1 heterocycles. The third-order valence-corrected chi connectivity index (χ3v) is 4.31. The van der Waals surface area contributed by atoms with Gasteiger partial charge >= 0.3 is 0 Å². The number of benzene rings is 2. The van der Waals surface area contributed by atoms with Crippen molar-refractivity contribution in [3.63, 3.8) is 0 Å². The summed E-state index contributed by atoms with van der Waals surface area (Å²) >= 11 is 0. The molecule has 5 heteroatoms. The second-order valence-corrected chi connectivity index (χ2v) is 6.50. The normalized spacial score (nSPS) is 13.0. The van der Waals surface area contributed by atoms with Crippen LogP contribution in [0.1, 0.15) is 24.5 Å². The molecule has 1 N–H and O–H groups in total. The van der Waals surface area contributed by atoms with Crippen LogP contribution in [0.2, 0.25) is 0 Å². The van der Waals surface area contributed by atoms with Gasteiger partial charge < -0.3 is 15.0 Å². The number of hydrogen-bond acceptors (Lipinski definition) is 3. The lowest BCUT2D eigenvalue weighted by molar-refractivity contribution is -0.130. The largest absolute Gasteiger partial charge is 0.482 e. The molecular weight excluding hydrogens is 340 g/mol. The number of fused-ring (bicyclic) bond motifs is 1. The van der Waals surface area contributed by atoms with Gasteiger partial charge in [-0.2, -0.15) is 0 Å². The number of rotatable bonds is 7. The van der Waals surface area contributed by atoms with Gasteiger partial charge in [-0.1, -0.05) is 55.5 Å². The van der Waals surface area contributed by atoms with Crippen molar-refractivity contribution in [1.82, 2.24) is 4.90 Å². The second kappa shape index (κ2) is 9.03. The third kappa shape index (κ3) is 5.20. The average Bonchev–Trinajstić information content (AvgIpc) is 2.68. The highest BCUT2D eigenvalue weighted by Gasteiger charge is 2.18. The summed E-state index contributed by atoms with van der Waals surface area (Å²) < 4.78 is 5.36. The van der Waals surface area contributed by atoms with Crippen molar-refractivity contribution in [3.05, 3.63) is 65.7 Å². The standard InChI is InChI=1S/C22H24N2O3/c1-2-12-24(13-6-9-17-7-4-3-5-8-17)22(26)15-18-10-11-20-19(14-18)23-21(25)16-27-20/h3-11,14H,2,12-13,15-16H2,1H3,(H,23,25). The number of nitrogens with zero attached hydrogens (tertiary/aromatic N) is 1. The van der Waals surface area contributed by atoms with Gasteiger partial charge in [-0.25, -0.2) is 0 Å². The molecule has 0 saturated heterocycles. The van der Waals surface area contributed by atoms with Crippen molar-refractivity contribution >= 4 is 23.6 Å². The number of ether oxygens (including phenoxy) is 1. The Morgan fingerprint density at radius 3 is 2.81 bits per heavy atom. The van der Waals surface area contributed by atoms with Crippen molar-refractivity contribution in [2.24, 2.45) is 0 Å². The van der Waals surface area contributed by atoms with Gasteiger partial charge in [0.05, 0.1) is 12.1 Å². The molecule has 1 aliphatic heterocycles.